The molecule has 3 aromatic carbocycles. The lowest BCUT2D eigenvalue weighted by molar-refractivity contribution is 0.0752. The fourth-order valence-electron chi connectivity index (χ4n) is 3.04. The van der Waals surface area contributed by atoms with Gasteiger partial charge in [-0.2, -0.15) is 0 Å². The summed E-state index contributed by atoms with van der Waals surface area (Å²) in [6.07, 6.45) is 0. The van der Waals surface area contributed by atoms with Gasteiger partial charge in [0.2, 0.25) is 0 Å². The van der Waals surface area contributed by atoms with Crippen LogP contribution in [0.25, 0.3) is 0 Å². The normalized spacial score (nSPS) is 11.1. The van der Waals surface area contributed by atoms with Gasteiger partial charge in [-0.1, -0.05) is 54.6 Å². The van der Waals surface area contributed by atoms with Crippen molar-refractivity contribution in [1.82, 2.24) is 4.90 Å². The van der Waals surface area contributed by atoms with Crippen LogP contribution < -0.4 is 4.31 Å². The third-order valence-electron chi connectivity index (χ3n) is 4.74. The third kappa shape index (κ3) is 4.66. The summed E-state index contributed by atoms with van der Waals surface area (Å²) in [6.45, 7) is 2.90. The number of amides is 1. The molecule has 3 aromatic rings. The van der Waals surface area contributed by atoms with Crippen LogP contribution in [0.3, 0.4) is 0 Å². The molecule has 0 aliphatic rings. The summed E-state index contributed by atoms with van der Waals surface area (Å²) in [7, 11) is -2.27. The number of carbonyl (C=O) groups excluding carboxylic acids is 1. The number of benzene rings is 3. The standard InChI is InChI=1S/C23H24N2O3S/c1-3-25(18-19-11-6-4-7-12-19)23(26)20-13-10-16-22(17-20)29(27,28)24(2)21-14-8-5-9-15-21/h4-17H,3,18H2,1-2H3. The predicted octanol–water partition coefficient (Wildman–Crippen LogP) is 4.17. The molecule has 0 spiro atoms. The smallest absolute Gasteiger partial charge is 0.264 e. The molecule has 0 saturated heterocycles. The first-order chi connectivity index (χ1) is 13.9. The molecule has 0 radical (unpaired) electrons. The molecule has 1 amide bonds. The van der Waals surface area contributed by atoms with E-state index in [0.717, 1.165) is 5.56 Å². The topological polar surface area (TPSA) is 57.7 Å². The molecule has 0 saturated carbocycles. The van der Waals surface area contributed by atoms with Crippen molar-refractivity contribution in [3.8, 4) is 0 Å². The van der Waals surface area contributed by atoms with E-state index in [1.807, 2.05) is 43.3 Å². The minimum Gasteiger partial charge on any atom is -0.335 e. The summed E-state index contributed by atoms with van der Waals surface area (Å²) >= 11 is 0. The summed E-state index contributed by atoms with van der Waals surface area (Å²) < 4.78 is 27.3. The second-order valence-corrected chi connectivity index (χ2v) is 8.61. The first-order valence-corrected chi connectivity index (χ1v) is 10.8. The van der Waals surface area contributed by atoms with Gasteiger partial charge in [0, 0.05) is 25.7 Å². The van der Waals surface area contributed by atoms with Gasteiger partial charge in [0.05, 0.1) is 10.6 Å². The Balaban J connectivity index is 1.87. The zero-order valence-corrected chi connectivity index (χ0v) is 17.3. The van der Waals surface area contributed by atoms with Gasteiger partial charge in [0.1, 0.15) is 0 Å². The molecule has 0 atom stereocenters. The molecule has 0 heterocycles. The minimum absolute atomic E-state index is 0.0884. The van der Waals surface area contributed by atoms with Crippen molar-refractivity contribution in [1.29, 1.82) is 0 Å². The molecule has 0 aromatic heterocycles. The predicted molar refractivity (Wildman–Crippen MR) is 115 cm³/mol. The fraction of sp³-hybridized carbons (Fsp3) is 0.174. The van der Waals surface area contributed by atoms with Crippen molar-refractivity contribution >= 4 is 21.6 Å². The van der Waals surface area contributed by atoms with Crippen LogP contribution in [0.15, 0.2) is 89.8 Å². The average molecular weight is 409 g/mol. The average Bonchev–Trinajstić information content (AvgIpc) is 2.77. The van der Waals surface area contributed by atoms with Crippen molar-refractivity contribution in [2.45, 2.75) is 18.4 Å². The van der Waals surface area contributed by atoms with E-state index < -0.39 is 10.0 Å². The van der Waals surface area contributed by atoms with Gasteiger partial charge in [-0.25, -0.2) is 8.42 Å². The first kappa shape index (κ1) is 20.6. The molecule has 0 fully saturated rings. The molecule has 5 nitrogen and oxygen atoms in total. The lowest BCUT2D eigenvalue weighted by Gasteiger charge is -2.22. The Morgan fingerprint density at radius 1 is 0.862 bits per heavy atom. The lowest BCUT2D eigenvalue weighted by Crippen LogP contribution is -2.31. The van der Waals surface area contributed by atoms with Crippen LogP contribution in [0, 0.1) is 0 Å². The minimum atomic E-state index is -3.78. The highest BCUT2D eigenvalue weighted by molar-refractivity contribution is 7.92. The van der Waals surface area contributed by atoms with E-state index in [-0.39, 0.29) is 10.8 Å². The highest BCUT2D eigenvalue weighted by Gasteiger charge is 2.23. The van der Waals surface area contributed by atoms with Crippen molar-refractivity contribution in [2.24, 2.45) is 0 Å². The molecule has 3 rings (SSSR count). The first-order valence-electron chi connectivity index (χ1n) is 9.40. The second kappa shape index (κ2) is 8.92. The Kier molecular flexibility index (Phi) is 6.34. The number of hydrogen-bond acceptors (Lipinski definition) is 3. The number of hydrogen-bond donors (Lipinski definition) is 0. The van der Waals surface area contributed by atoms with Gasteiger partial charge in [-0.05, 0) is 42.8 Å². The van der Waals surface area contributed by atoms with E-state index >= 15 is 0 Å². The maximum absolute atomic E-state index is 13.0. The van der Waals surface area contributed by atoms with E-state index in [9.17, 15) is 13.2 Å². The molecule has 0 unspecified atom stereocenters. The summed E-state index contributed by atoms with van der Waals surface area (Å²) in [4.78, 5) is 14.8. The molecule has 29 heavy (non-hydrogen) atoms. The van der Waals surface area contributed by atoms with E-state index in [2.05, 4.69) is 0 Å². The van der Waals surface area contributed by atoms with Gasteiger partial charge in [0.25, 0.3) is 15.9 Å². The van der Waals surface area contributed by atoms with Crippen LogP contribution in [0.5, 0.6) is 0 Å². The van der Waals surface area contributed by atoms with Gasteiger partial charge in [0.15, 0.2) is 0 Å². The van der Waals surface area contributed by atoms with Crippen LogP contribution in [0.1, 0.15) is 22.8 Å². The number of nitrogens with zero attached hydrogens (tertiary/aromatic N) is 2. The zero-order valence-electron chi connectivity index (χ0n) is 16.5. The van der Waals surface area contributed by atoms with Gasteiger partial charge < -0.3 is 4.90 Å². The molecular formula is C23H24N2O3S. The number of anilines is 1. The summed E-state index contributed by atoms with van der Waals surface area (Å²) in [5, 5.41) is 0. The van der Waals surface area contributed by atoms with E-state index in [4.69, 9.17) is 0 Å². The molecular weight excluding hydrogens is 384 g/mol. The van der Waals surface area contributed by atoms with Crippen LogP contribution in [-0.2, 0) is 16.6 Å². The van der Waals surface area contributed by atoms with Gasteiger partial charge in [-0.3, -0.25) is 9.10 Å². The Morgan fingerprint density at radius 2 is 1.48 bits per heavy atom. The van der Waals surface area contributed by atoms with Gasteiger partial charge >= 0.3 is 0 Å². The number of sulfonamides is 1. The number of rotatable bonds is 7. The summed E-state index contributed by atoms with van der Waals surface area (Å²) in [5.74, 6) is -0.198. The van der Waals surface area contributed by atoms with E-state index in [1.165, 1.54) is 23.5 Å². The van der Waals surface area contributed by atoms with Crippen molar-refractivity contribution < 1.29 is 13.2 Å². The largest absolute Gasteiger partial charge is 0.335 e. The third-order valence-corrected chi connectivity index (χ3v) is 6.53. The van der Waals surface area contributed by atoms with Crippen LogP contribution in [-0.4, -0.2) is 32.8 Å². The van der Waals surface area contributed by atoms with Crippen molar-refractivity contribution in [3.05, 3.63) is 96.1 Å². The SMILES string of the molecule is CCN(Cc1ccccc1)C(=O)c1cccc(S(=O)(=O)N(C)c2ccccc2)c1. The Hall–Kier alpha value is -3.12. The molecule has 0 aliphatic heterocycles. The zero-order chi connectivity index (χ0) is 20.9. The monoisotopic (exact) mass is 408 g/mol. The van der Waals surface area contributed by atoms with E-state index in [0.29, 0.717) is 24.3 Å². The van der Waals surface area contributed by atoms with Crippen LogP contribution >= 0.6 is 0 Å². The summed E-state index contributed by atoms with van der Waals surface area (Å²) in [6, 6.07) is 24.8. The maximum Gasteiger partial charge on any atom is 0.264 e. The molecule has 0 aliphatic carbocycles. The Labute approximate surface area is 172 Å². The van der Waals surface area contributed by atoms with Crippen LogP contribution in [0.4, 0.5) is 5.69 Å². The second-order valence-electron chi connectivity index (χ2n) is 6.64. The lowest BCUT2D eigenvalue weighted by atomic mass is 10.1. The Morgan fingerprint density at radius 3 is 2.10 bits per heavy atom. The molecule has 6 heteroatoms. The van der Waals surface area contributed by atoms with Crippen molar-refractivity contribution in [3.63, 3.8) is 0 Å². The summed E-state index contributed by atoms with van der Waals surface area (Å²) in [5.41, 5.74) is 1.93. The molecule has 0 bridgehead atoms. The van der Waals surface area contributed by atoms with Gasteiger partial charge in [-0.15, -0.1) is 0 Å². The quantitative estimate of drug-likeness (QED) is 0.589. The highest BCUT2D eigenvalue weighted by atomic mass is 32.2. The molecule has 0 N–H and O–H groups in total. The maximum atomic E-state index is 13.0. The fourth-order valence-corrected chi connectivity index (χ4v) is 4.28. The van der Waals surface area contributed by atoms with Crippen LogP contribution in [0.2, 0.25) is 0 Å². The molecule has 150 valence electrons. The highest BCUT2D eigenvalue weighted by Crippen LogP contribution is 2.23. The van der Waals surface area contributed by atoms with E-state index in [1.54, 1.807) is 41.3 Å². The number of para-hydroxylation sites is 1. The number of carbonyl (C=O) groups is 1. The Bertz CT molecular complexity index is 1070. The van der Waals surface area contributed by atoms with Crippen molar-refractivity contribution in [2.75, 3.05) is 17.9 Å².